The zero-order valence-corrected chi connectivity index (χ0v) is 15.7. The van der Waals surface area contributed by atoms with E-state index >= 15 is 0 Å². The molecular weight excluding hydrogens is 288 g/mol. The van der Waals surface area contributed by atoms with Crippen molar-refractivity contribution in [1.82, 2.24) is 0 Å². The van der Waals surface area contributed by atoms with E-state index in [0.29, 0.717) is 6.54 Å². The number of carbonyl (C=O) groups is 1. The summed E-state index contributed by atoms with van der Waals surface area (Å²) >= 11 is 0. The summed E-state index contributed by atoms with van der Waals surface area (Å²) in [5.41, 5.74) is 2.39. The van der Waals surface area contributed by atoms with Crippen LogP contribution in [0.5, 0.6) is 0 Å². The largest absolute Gasteiger partial charge is 0.443 e. The van der Waals surface area contributed by atoms with Crippen molar-refractivity contribution in [3.05, 3.63) is 23.8 Å². The molecule has 0 bridgehead atoms. The van der Waals surface area contributed by atoms with E-state index in [1.165, 1.54) is 5.56 Å². The highest BCUT2D eigenvalue weighted by Crippen LogP contribution is 2.38. The molecule has 0 spiro atoms. The number of anilines is 2. The highest BCUT2D eigenvalue weighted by Gasteiger charge is 2.35. The molecule has 4 nitrogen and oxygen atoms in total. The summed E-state index contributed by atoms with van der Waals surface area (Å²) in [7, 11) is 0. The number of carbonyl (C=O) groups excluding carboxylic acids is 1. The summed E-state index contributed by atoms with van der Waals surface area (Å²) in [6.07, 6.45) is -0.292. The lowest BCUT2D eigenvalue weighted by Crippen LogP contribution is -2.52. The average molecular weight is 318 g/mol. The number of rotatable bonds is 0. The minimum atomic E-state index is -0.506. The van der Waals surface area contributed by atoms with Gasteiger partial charge in [0.25, 0.3) is 0 Å². The van der Waals surface area contributed by atoms with Crippen LogP contribution < -0.4 is 10.2 Å². The molecule has 0 aliphatic carbocycles. The van der Waals surface area contributed by atoms with Gasteiger partial charge in [-0.2, -0.15) is 0 Å². The van der Waals surface area contributed by atoms with E-state index in [9.17, 15) is 4.79 Å². The predicted molar refractivity (Wildman–Crippen MR) is 96.4 cm³/mol. The molecule has 1 aromatic carbocycles. The number of ether oxygens (including phenoxy) is 1. The van der Waals surface area contributed by atoms with Gasteiger partial charge in [-0.1, -0.05) is 26.8 Å². The Morgan fingerprint density at radius 2 is 1.78 bits per heavy atom. The van der Waals surface area contributed by atoms with Crippen LogP contribution in [0.15, 0.2) is 18.2 Å². The van der Waals surface area contributed by atoms with E-state index in [1.54, 1.807) is 4.90 Å². The molecule has 1 N–H and O–H groups in total. The zero-order chi connectivity index (χ0) is 17.6. The maximum absolute atomic E-state index is 12.7. The standard InChI is InChI=1S/C19H30N2O2/c1-17(2,3)13-9-10-14-15(11-13)21(12-19(7,8)20-14)16(22)23-18(4,5)6/h9-11,20H,12H2,1-8H3. The van der Waals surface area contributed by atoms with Crippen LogP contribution in [0.3, 0.4) is 0 Å². The molecule has 128 valence electrons. The first-order valence-electron chi connectivity index (χ1n) is 8.22. The van der Waals surface area contributed by atoms with Gasteiger partial charge in [-0.05, 0) is 57.7 Å². The van der Waals surface area contributed by atoms with Gasteiger partial charge in [-0.25, -0.2) is 4.79 Å². The second kappa shape index (κ2) is 5.43. The third-order valence-electron chi connectivity index (χ3n) is 3.79. The lowest BCUT2D eigenvalue weighted by molar-refractivity contribution is 0.0573. The number of hydrogen-bond donors (Lipinski definition) is 1. The molecule has 1 amide bonds. The van der Waals surface area contributed by atoms with Gasteiger partial charge in [0.2, 0.25) is 0 Å². The van der Waals surface area contributed by atoms with E-state index in [0.717, 1.165) is 11.4 Å². The lowest BCUT2D eigenvalue weighted by Gasteiger charge is -2.41. The molecule has 4 heteroatoms. The van der Waals surface area contributed by atoms with E-state index in [1.807, 2.05) is 20.8 Å². The fraction of sp³-hybridized carbons (Fsp3) is 0.632. The van der Waals surface area contributed by atoms with Crippen molar-refractivity contribution < 1.29 is 9.53 Å². The quantitative estimate of drug-likeness (QED) is 0.737. The highest BCUT2D eigenvalue weighted by molar-refractivity contribution is 5.94. The molecule has 1 aliphatic heterocycles. The van der Waals surface area contributed by atoms with Crippen molar-refractivity contribution in [1.29, 1.82) is 0 Å². The Labute approximate surface area is 140 Å². The summed E-state index contributed by atoms with van der Waals surface area (Å²) in [5, 5.41) is 3.51. The molecule has 1 aliphatic rings. The molecule has 1 aromatic rings. The Morgan fingerprint density at radius 1 is 1.17 bits per heavy atom. The smallest absolute Gasteiger partial charge is 0.414 e. The second-order valence-electron chi connectivity index (χ2n) is 9.06. The van der Waals surface area contributed by atoms with Crippen molar-refractivity contribution in [2.45, 2.75) is 71.9 Å². The average Bonchev–Trinajstić information content (AvgIpc) is 2.32. The molecule has 0 radical (unpaired) electrons. The molecule has 2 rings (SSSR count). The van der Waals surface area contributed by atoms with Crippen molar-refractivity contribution in [3.8, 4) is 0 Å². The molecule has 0 saturated carbocycles. The minimum Gasteiger partial charge on any atom is -0.443 e. The number of nitrogens with zero attached hydrogens (tertiary/aromatic N) is 1. The van der Waals surface area contributed by atoms with Gasteiger partial charge >= 0.3 is 6.09 Å². The Kier molecular flexibility index (Phi) is 4.16. The summed E-state index contributed by atoms with van der Waals surface area (Å²) in [6.45, 7) is 16.9. The van der Waals surface area contributed by atoms with Crippen LogP contribution in [0.25, 0.3) is 0 Å². The van der Waals surface area contributed by atoms with Crippen LogP contribution in [-0.2, 0) is 10.2 Å². The molecule has 23 heavy (non-hydrogen) atoms. The highest BCUT2D eigenvalue weighted by atomic mass is 16.6. The topological polar surface area (TPSA) is 41.6 Å². The van der Waals surface area contributed by atoms with Crippen molar-refractivity contribution in [2.24, 2.45) is 0 Å². The van der Waals surface area contributed by atoms with E-state index in [2.05, 4.69) is 58.1 Å². The first kappa shape index (κ1) is 17.6. The van der Waals surface area contributed by atoms with Crippen LogP contribution in [0.2, 0.25) is 0 Å². The normalized spacial score (nSPS) is 17.3. The van der Waals surface area contributed by atoms with Crippen molar-refractivity contribution in [2.75, 3.05) is 16.8 Å². The van der Waals surface area contributed by atoms with Gasteiger partial charge in [-0.15, -0.1) is 0 Å². The predicted octanol–water partition coefficient (Wildman–Crippen LogP) is 4.93. The molecule has 0 atom stereocenters. The SMILES string of the molecule is CC1(C)CN(C(=O)OC(C)(C)C)c2cc(C(C)(C)C)ccc2N1. The van der Waals surface area contributed by atoms with E-state index < -0.39 is 5.60 Å². The second-order valence-corrected chi connectivity index (χ2v) is 9.06. The molecular formula is C19H30N2O2. The van der Waals surface area contributed by atoms with Gasteiger partial charge in [0.1, 0.15) is 5.60 Å². The maximum atomic E-state index is 12.7. The fourth-order valence-corrected chi connectivity index (χ4v) is 2.69. The first-order valence-corrected chi connectivity index (χ1v) is 8.22. The Hall–Kier alpha value is -1.71. The van der Waals surface area contributed by atoms with Crippen molar-refractivity contribution in [3.63, 3.8) is 0 Å². The number of nitrogens with one attached hydrogen (secondary N) is 1. The first-order chi connectivity index (χ1) is 10.3. The van der Waals surface area contributed by atoms with Crippen LogP contribution in [0.4, 0.5) is 16.2 Å². The minimum absolute atomic E-state index is 0.0294. The molecule has 0 saturated heterocycles. The number of fused-ring (bicyclic) bond motifs is 1. The molecule has 0 unspecified atom stereocenters. The molecule has 1 heterocycles. The summed E-state index contributed by atoms with van der Waals surface area (Å²) in [5.74, 6) is 0. The van der Waals surface area contributed by atoms with Gasteiger partial charge in [0.05, 0.1) is 17.9 Å². The summed E-state index contributed by atoms with van der Waals surface area (Å²) in [6, 6.07) is 6.29. The van der Waals surface area contributed by atoms with Crippen molar-refractivity contribution >= 4 is 17.5 Å². The van der Waals surface area contributed by atoms with Crippen LogP contribution in [-0.4, -0.2) is 23.8 Å². The maximum Gasteiger partial charge on any atom is 0.414 e. The van der Waals surface area contributed by atoms with Gasteiger partial charge in [-0.3, -0.25) is 4.90 Å². The van der Waals surface area contributed by atoms with Crippen LogP contribution in [0.1, 0.15) is 61.0 Å². The van der Waals surface area contributed by atoms with E-state index in [-0.39, 0.29) is 17.0 Å². The molecule has 0 fully saturated rings. The Morgan fingerprint density at radius 3 is 2.30 bits per heavy atom. The monoisotopic (exact) mass is 318 g/mol. The van der Waals surface area contributed by atoms with Crippen LogP contribution >= 0.6 is 0 Å². The summed E-state index contributed by atoms with van der Waals surface area (Å²) < 4.78 is 5.61. The number of amides is 1. The Balaban J connectivity index is 2.46. The number of benzene rings is 1. The Bertz CT molecular complexity index is 607. The number of hydrogen-bond acceptors (Lipinski definition) is 3. The lowest BCUT2D eigenvalue weighted by atomic mass is 9.86. The zero-order valence-electron chi connectivity index (χ0n) is 15.7. The third-order valence-corrected chi connectivity index (χ3v) is 3.79. The molecule has 0 aromatic heterocycles. The van der Waals surface area contributed by atoms with Gasteiger partial charge in [0.15, 0.2) is 0 Å². The third kappa shape index (κ3) is 4.18. The van der Waals surface area contributed by atoms with Crippen LogP contribution in [0, 0.1) is 0 Å². The summed E-state index contributed by atoms with van der Waals surface area (Å²) in [4.78, 5) is 14.5. The van der Waals surface area contributed by atoms with Gasteiger partial charge < -0.3 is 10.1 Å². The van der Waals surface area contributed by atoms with Gasteiger partial charge in [0, 0.05) is 5.54 Å². The van der Waals surface area contributed by atoms with E-state index in [4.69, 9.17) is 4.74 Å². The fourth-order valence-electron chi connectivity index (χ4n) is 2.69.